The van der Waals surface area contributed by atoms with Crippen LogP contribution >= 0.6 is 11.3 Å². The Morgan fingerprint density at radius 2 is 1.89 bits per heavy atom. The molecule has 0 saturated heterocycles. The Morgan fingerprint density at radius 1 is 1.07 bits per heavy atom. The third kappa shape index (κ3) is 5.19. The molecule has 6 nitrogen and oxygen atoms in total. The minimum Gasteiger partial charge on any atom is -0.475 e. The Hall–Kier alpha value is -3.14. The number of benzene rings is 1. The van der Waals surface area contributed by atoms with Crippen LogP contribution in [0.25, 0.3) is 10.6 Å². The van der Waals surface area contributed by atoms with Gasteiger partial charge in [0, 0.05) is 6.07 Å². The van der Waals surface area contributed by atoms with Crippen molar-refractivity contribution < 1.29 is 22.7 Å². The first-order chi connectivity index (χ1) is 13.4. The van der Waals surface area contributed by atoms with Crippen LogP contribution in [0.5, 0.6) is 5.88 Å². The second-order valence-corrected chi connectivity index (χ2v) is 6.45. The van der Waals surface area contributed by atoms with Gasteiger partial charge in [-0.1, -0.05) is 18.2 Å². The fourth-order valence-corrected chi connectivity index (χ4v) is 2.97. The maximum atomic E-state index is 12.9. The zero-order valence-corrected chi connectivity index (χ0v) is 15.2. The third-order valence-corrected chi connectivity index (χ3v) is 4.42. The predicted octanol–water partition coefficient (Wildman–Crippen LogP) is 4.42. The molecule has 2 heterocycles. The molecule has 2 amide bonds. The molecule has 3 aromatic rings. The van der Waals surface area contributed by atoms with Gasteiger partial charge in [0.1, 0.15) is 12.3 Å². The fraction of sp³-hybridized carbons (Fsp3) is 0.167. The number of carbonyl (C=O) groups is 1. The van der Waals surface area contributed by atoms with Gasteiger partial charge in [-0.05, 0) is 29.6 Å². The lowest BCUT2D eigenvalue weighted by molar-refractivity contribution is -0.136. The minimum absolute atomic E-state index is 0.0778. The molecular weight excluding hydrogens is 393 g/mol. The summed E-state index contributed by atoms with van der Waals surface area (Å²) in [7, 11) is 0. The van der Waals surface area contributed by atoms with Gasteiger partial charge in [-0.25, -0.2) is 4.79 Å². The van der Waals surface area contributed by atoms with Gasteiger partial charge in [0.2, 0.25) is 5.88 Å². The first-order valence-electron chi connectivity index (χ1n) is 8.15. The topological polar surface area (TPSA) is 76.1 Å². The second-order valence-electron chi connectivity index (χ2n) is 5.51. The lowest BCUT2D eigenvalue weighted by atomic mass is 10.1. The molecule has 10 heteroatoms. The first kappa shape index (κ1) is 19.6. The van der Waals surface area contributed by atoms with E-state index in [1.54, 1.807) is 23.5 Å². The number of halogens is 3. The highest BCUT2D eigenvalue weighted by Crippen LogP contribution is 2.34. The average Bonchev–Trinajstić information content (AvgIpc) is 3.20. The summed E-state index contributed by atoms with van der Waals surface area (Å²) < 4.78 is 44.1. The Balaban J connectivity index is 1.45. The van der Waals surface area contributed by atoms with Gasteiger partial charge in [-0.2, -0.15) is 13.2 Å². The van der Waals surface area contributed by atoms with E-state index < -0.39 is 17.8 Å². The normalized spacial score (nSPS) is 11.1. The number of alkyl halides is 3. The predicted molar refractivity (Wildman–Crippen MR) is 99.3 cm³/mol. The van der Waals surface area contributed by atoms with Crippen molar-refractivity contribution in [2.75, 3.05) is 18.5 Å². The Kier molecular flexibility index (Phi) is 6.09. The molecule has 0 atom stereocenters. The standard InChI is InChI=1S/C18H15F3N4O2S/c19-18(20,21)12-4-1-2-5-13(12)23-17(26)22-9-10-27-16-8-7-14(24-25-16)15-6-3-11-28-15/h1-8,11H,9-10H2,(H2,22,23,26). The van der Waals surface area contributed by atoms with E-state index in [1.165, 1.54) is 18.2 Å². The van der Waals surface area contributed by atoms with Crippen LogP contribution in [0.4, 0.5) is 23.7 Å². The van der Waals surface area contributed by atoms with E-state index in [0.29, 0.717) is 0 Å². The van der Waals surface area contributed by atoms with E-state index in [-0.39, 0.29) is 24.7 Å². The number of carbonyl (C=O) groups excluding carboxylic acids is 1. The largest absolute Gasteiger partial charge is 0.475 e. The van der Waals surface area contributed by atoms with Crippen molar-refractivity contribution in [3.8, 4) is 16.5 Å². The van der Waals surface area contributed by atoms with Crippen LogP contribution in [0, 0.1) is 0 Å². The summed E-state index contributed by atoms with van der Waals surface area (Å²) >= 11 is 1.54. The molecule has 0 bridgehead atoms. The van der Waals surface area contributed by atoms with Crippen LogP contribution < -0.4 is 15.4 Å². The summed E-state index contributed by atoms with van der Waals surface area (Å²) in [5.74, 6) is 0.282. The van der Waals surface area contributed by atoms with E-state index in [4.69, 9.17) is 4.74 Å². The number of thiophene rings is 1. The van der Waals surface area contributed by atoms with Crippen molar-refractivity contribution >= 4 is 23.1 Å². The molecule has 0 aliphatic carbocycles. The lowest BCUT2D eigenvalue weighted by Gasteiger charge is -2.14. The second kappa shape index (κ2) is 8.70. The highest BCUT2D eigenvalue weighted by Gasteiger charge is 2.33. The SMILES string of the molecule is O=C(NCCOc1ccc(-c2cccs2)nn1)Nc1ccccc1C(F)(F)F. The minimum atomic E-state index is -4.55. The highest BCUT2D eigenvalue weighted by atomic mass is 32.1. The quantitative estimate of drug-likeness (QED) is 0.592. The van der Waals surface area contributed by atoms with E-state index in [0.717, 1.165) is 16.6 Å². The smallest absolute Gasteiger partial charge is 0.418 e. The summed E-state index contributed by atoms with van der Waals surface area (Å²) in [6.07, 6.45) is -4.55. The average molecular weight is 408 g/mol. The summed E-state index contributed by atoms with van der Waals surface area (Å²) in [5.41, 5.74) is -0.505. The molecule has 1 aromatic carbocycles. The maximum Gasteiger partial charge on any atom is 0.418 e. The number of aromatic nitrogens is 2. The summed E-state index contributed by atoms with van der Waals surface area (Å²) in [5, 5.41) is 14.5. The van der Waals surface area contributed by atoms with Crippen LogP contribution in [-0.2, 0) is 6.18 Å². The molecule has 28 heavy (non-hydrogen) atoms. The summed E-state index contributed by atoms with van der Waals surface area (Å²) in [6, 6.07) is 11.2. The third-order valence-electron chi connectivity index (χ3n) is 3.53. The van der Waals surface area contributed by atoms with Crippen LogP contribution in [0.2, 0.25) is 0 Å². The van der Waals surface area contributed by atoms with E-state index in [2.05, 4.69) is 20.8 Å². The van der Waals surface area contributed by atoms with Crippen molar-refractivity contribution in [1.82, 2.24) is 15.5 Å². The zero-order chi connectivity index (χ0) is 20.0. The molecule has 0 unspecified atom stereocenters. The number of nitrogens with one attached hydrogen (secondary N) is 2. The Morgan fingerprint density at radius 3 is 2.57 bits per heavy atom. The monoisotopic (exact) mass is 408 g/mol. The van der Waals surface area contributed by atoms with E-state index in [1.807, 2.05) is 17.5 Å². The number of amides is 2. The molecule has 0 aliphatic rings. The highest BCUT2D eigenvalue weighted by molar-refractivity contribution is 7.13. The molecule has 0 aliphatic heterocycles. The Labute approximate surface area is 162 Å². The maximum absolute atomic E-state index is 12.9. The number of urea groups is 1. The van der Waals surface area contributed by atoms with E-state index >= 15 is 0 Å². The van der Waals surface area contributed by atoms with Crippen LogP contribution in [0.15, 0.2) is 53.9 Å². The van der Waals surface area contributed by atoms with Crippen molar-refractivity contribution in [3.63, 3.8) is 0 Å². The van der Waals surface area contributed by atoms with Crippen molar-refractivity contribution in [1.29, 1.82) is 0 Å². The molecule has 0 fully saturated rings. The van der Waals surface area contributed by atoms with Gasteiger partial charge in [-0.3, -0.25) is 0 Å². The summed E-state index contributed by atoms with van der Waals surface area (Å²) in [6.45, 7) is 0.162. The van der Waals surface area contributed by atoms with Crippen LogP contribution in [-0.4, -0.2) is 29.4 Å². The Bertz CT molecular complexity index is 915. The summed E-state index contributed by atoms with van der Waals surface area (Å²) in [4.78, 5) is 12.8. The number of nitrogens with zero attached hydrogens (tertiary/aromatic N) is 2. The van der Waals surface area contributed by atoms with E-state index in [9.17, 15) is 18.0 Å². The number of hydrogen-bond acceptors (Lipinski definition) is 5. The van der Waals surface area contributed by atoms with Crippen molar-refractivity contribution in [2.24, 2.45) is 0 Å². The van der Waals surface area contributed by atoms with Gasteiger partial charge < -0.3 is 15.4 Å². The lowest BCUT2D eigenvalue weighted by Crippen LogP contribution is -2.32. The molecule has 2 N–H and O–H groups in total. The molecule has 146 valence electrons. The fourth-order valence-electron chi connectivity index (χ4n) is 2.28. The van der Waals surface area contributed by atoms with Gasteiger partial charge in [0.05, 0.1) is 22.7 Å². The van der Waals surface area contributed by atoms with Gasteiger partial charge >= 0.3 is 12.2 Å². The van der Waals surface area contributed by atoms with Crippen molar-refractivity contribution in [2.45, 2.75) is 6.18 Å². The number of ether oxygens (including phenoxy) is 1. The molecule has 0 radical (unpaired) electrons. The van der Waals surface area contributed by atoms with Crippen LogP contribution in [0.3, 0.4) is 0 Å². The zero-order valence-electron chi connectivity index (χ0n) is 14.4. The first-order valence-corrected chi connectivity index (χ1v) is 9.03. The number of para-hydroxylation sites is 1. The van der Waals surface area contributed by atoms with Gasteiger partial charge in [-0.15, -0.1) is 21.5 Å². The molecule has 2 aromatic heterocycles. The van der Waals surface area contributed by atoms with Crippen LogP contribution in [0.1, 0.15) is 5.56 Å². The number of rotatable bonds is 6. The van der Waals surface area contributed by atoms with Gasteiger partial charge in [0.25, 0.3) is 0 Å². The molecular formula is C18H15F3N4O2S. The molecule has 0 saturated carbocycles. The van der Waals surface area contributed by atoms with Crippen molar-refractivity contribution in [3.05, 3.63) is 59.5 Å². The van der Waals surface area contributed by atoms with Gasteiger partial charge in [0.15, 0.2) is 0 Å². The number of anilines is 1. The molecule has 0 spiro atoms. The molecule has 3 rings (SSSR count). The number of hydrogen-bond donors (Lipinski definition) is 2.